The van der Waals surface area contributed by atoms with E-state index in [1.807, 2.05) is 0 Å². The smallest absolute Gasteiger partial charge is 0.188 e. The van der Waals surface area contributed by atoms with Crippen LogP contribution in [0.25, 0.3) is 11.0 Å². The number of benzene rings is 1. The quantitative estimate of drug-likeness (QED) is 0.803. The van der Waals surface area contributed by atoms with Crippen molar-refractivity contribution in [3.05, 3.63) is 28.5 Å². The van der Waals surface area contributed by atoms with E-state index in [-0.39, 0.29) is 20.7 Å². The third-order valence-electron chi connectivity index (χ3n) is 1.76. The molecule has 0 aliphatic heterocycles. The molecule has 0 aliphatic rings. The van der Waals surface area contributed by atoms with Gasteiger partial charge in [-0.1, -0.05) is 29.3 Å². The highest BCUT2D eigenvalue weighted by Gasteiger charge is 2.11. The van der Waals surface area contributed by atoms with Crippen LogP contribution in [0.15, 0.2) is 23.1 Å². The number of nitrogens with zero attached hydrogens (tertiary/aromatic N) is 2. The van der Waals surface area contributed by atoms with E-state index in [4.69, 9.17) is 27.8 Å². The van der Waals surface area contributed by atoms with Crippen molar-refractivity contribution in [3.63, 3.8) is 0 Å². The molecule has 1 heterocycles. The Hall–Kier alpha value is -0.750. The van der Waals surface area contributed by atoms with Crippen LogP contribution in [0, 0.1) is 0 Å². The largest absolute Gasteiger partial charge is 0.302 e. The van der Waals surface area contributed by atoms with Crippen molar-refractivity contribution >= 4 is 45.3 Å². The van der Waals surface area contributed by atoms with E-state index >= 15 is 0 Å². The Morgan fingerprint density at radius 1 is 1.20 bits per heavy atom. The molecule has 0 fully saturated rings. The van der Waals surface area contributed by atoms with Gasteiger partial charge in [-0.3, -0.25) is 0 Å². The van der Waals surface area contributed by atoms with Gasteiger partial charge in [0.25, 0.3) is 0 Å². The molecular weight excluding hydrogens is 259 g/mol. The van der Waals surface area contributed by atoms with Gasteiger partial charge in [0.1, 0.15) is 5.52 Å². The minimum absolute atomic E-state index is 0.0158. The standard InChI is InChI=1S/C8H4Cl2N2O2S/c9-7-8(10)12-6-4(11-7)2-1-3-5(6)15(13)14/h1-3H,(H,13,14). The zero-order valence-corrected chi connectivity index (χ0v) is 9.47. The lowest BCUT2D eigenvalue weighted by Gasteiger charge is -2.02. The zero-order chi connectivity index (χ0) is 11.0. The second-order valence-corrected chi connectivity index (χ2v) is 4.33. The van der Waals surface area contributed by atoms with Gasteiger partial charge < -0.3 is 4.55 Å². The molecule has 0 saturated carbocycles. The van der Waals surface area contributed by atoms with Gasteiger partial charge in [-0.25, -0.2) is 14.2 Å². The Labute approximate surface area is 97.5 Å². The number of fused-ring (bicyclic) bond motifs is 1. The summed E-state index contributed by atoms with van der Waals surface area (Å²) in [5, 5.41) is 0.0899. The summed E-state index contributed by atoms with van der Waals surface area (Å²) < 4.78 is 20.0. The maximum atomic E-state index is 11.0. The van der Waals surface area contributed by atoms with Crippen molar-refractivity contribution in [1.82, 2.24) is 9.97 Å². The molecule has 1 unspecified atom stereocenters. The lowest BCUT2D eigenvalue weighted by molar-refractivity contribution is 0.565. The van der Waals surface area contributed by atoms with Crippen molar-refractivity contribution in [2.75, 3.05) is 0 Å². The second-order valence-electron chi connectivity index (χ2n) is 2.68. The van der Waals surface area contributed by atoms with E-state index in [2.05, 4.69) is 9.97 Å². The van der Waals surface area contributed by atoms with Crippen LogP contribution in [0.2, 0.25) is 10.3 Å². The van der Waals surface area contributed by atoms with E-state index in [9.17, 15) is 4.21 Å². The van der Waals surface area contributed by atoms with Crippen LogP contribution >= 0.6 is 23.2 Å². The molecule has 1 atom stereocenters. The topological polar surface area (TPSA) is 63.1 Å². The molecule has 0 aliphatic carbocycles. The van der Waals surface area contributed by atoms with E-state index in [0.29, 0.717) is 5.52 Å². The average Bonchev–Trinajstić information content (AvgIpc) is 2.18. The van der Waals surface area contributed by atoms with Gasteiger partial charge in [0, 0.05) is 0 Å². The van der Waals surface area contributed by atoms with Crippen LogP contribution in [0.5, 0.6) is 0 Å². The molecule has 0 radical (unpaired) electrons. The maximum absolute atomic E-state index is 11.0. The van der Waals surface area contributed by atoms with Gasteiger partial charge in [0.15, 0.2) is 21.4 Å². The van der Waals surface area contributed by atoms with Gasteiger partial charge in [0.2, 0.25) is 0 Å². The molecule has 2 rings (SSSR count). The lowest BCUT2D eigenvalue weighted by atomic mass is 10.3. The maximum Gasteiger partial charge on any atom is 0.188 e. The Kier molecular flexibility index (Phi) is 2.88. The van der Waals surface area contributed by atoms with Gasteiger partial charge >= 0.3 is 0 Å². The van der Waals surface area contributed by atoms with Crippen LogP contribution in [-0.2, 0) is 11.1 Å². The molecule has 0 saturated heterocycles. The average molecular weight is 263 g/mol. The summed E-state index contributed by atoms with van der Waals surface area (Å²) in [5.74, 6) is 0. The molecule has 0 bridgehead atoms. The van der Waals surface area contributed by atoms with Gasteiger partial charge in [-0.05, 0) is 12.1 Å². The molecule has 1 aromatic carbocycles. The zero-order valence-electron chi connectivity index (χ0n) is 7.15. The Bertz CT molecular complexity index is 562. The number of hydrogen-bond donors (Lipinski definition) is 1. The molecule has 1 N–H and O–H groups in total. The SMILES string of the molecule is O=S(O)c1cccc2nc(Cl)c(Cl)nc12. The first-order chi connectivity index (χ1) is 7.09. The first-order valence-electron chi connectivity index (χ1n) is 3.82. The summed E-state index contributed by atoms with van der Waals surface area (Å²) >= 11 is 9.23. The first kappa shape index (κ1) is 10.8. The Morgan fingerprint density at radius 2 is 1.87 bits per heavy atom. The predicted molar refractivity (Wildman–Crippen MR) is 58.6 cm³/mol. The summed E-state index contributed by atoms with van der Waals surface area (Å²) in [6.07, 6.45) is 0. The highest BCUT2D eigenvalue weighted by Crippen LogP contribution is 2.24. The van der Waals surface area contributed by atoms with Gasteiger partial charge in [0.05, 0.1) is 10.4 Å². The number of hydrogen-bond acceptors (Lipinski definition) is 3. The summed E-state index contributed by atoms with van der Waals surface area (Å²) in [6.45, 7) is 0. The summed E-state index contributed by atoms with van der Waals surface area (Å²) in [7, 11) is 0. The minimum Gasteiger partial charge on any atom is -0.302 e. The van der Waals surface area contributed by atoms with Gasteiger partial charge in [-0.2, -0.15) is 0 Å². The third-order valence-corrected chi connectivity index (χ3v) is 3.09. The van der Waals surface area contributed by atoms with E-state index in [1.54, 1.807) is 12.1 Å². The van der Waals surface area contributed by atoms with Gasteiger partial charge in [-0.15, -0.1) is 0 Å². The van der Waals surface area contributed by atoms with Crippen LogP contribution in [0.3, 0.4) is 0 Å². The number of para-hydroxylation sites is 1. The Morgan fingerprint density at radius 3 is 2.53 bits per heavy atom. The van der Waals surface area contributed by atoms with Crippen molar-refractivity contribution < 1.29 is 8.76 Å². The molecule has 78 valence electrons. The fourth-order valence-corrected chi connectivity index (χ4v) is 1.92. The van der Waals surface area contributed by atoms with E-state index in [0.717, 1.165) is 0 Å². The monoisotopic (exact) mass is 262 g/mol. The Balaban J connectivity index is 2.86. The van der Waals surface area contributed by atoms with E-state index < -0.39 is 11.1 Å². The molecule has 1 aromatic heterocycles. The second kappa shape index (κ2) is 4.02. The minimum atomic E-state index is -2.12. The molecule has 4 nitrogen and oxygen atoms in total. The normalized spacial score (nSPS) is 13.0. The van der Waals surface area contributed by atoms with Crippen LogP contribution in [0.1, 0.15) is 0 Å². The lowest BCUT2D eigenvalue weighted by Crippen LogP contribution is -1.94. The number of aromatic nitrogens is 2. The summed E-state index contributed by atoms with van der Waals surface area (Å²) in [6, 6.07) is 4.73. The molecule has 15 heavy (non-hydrogen) atoms. The molecule has 2 aromatic rings. The van der Waals surface area contributed by atoms with Crippen LogP contribution in [0.4, 0.5) is 0 Å². The number of halogens is 2. The van der Waals surface area contributed by atoms with Crippen molar-refractivity contribution in [3.8, 4) is 0 Å². The van der Waals surface area contributed by atoms with E-state index in [1.165, 1.54) is 6.07 Å². The van der Waals surface area contributed by atoms with Crippen molar-refractivity contribution in [1.29, 1.82) is 0 Å². The molecule has 0 spiro atoms. The molecular formula is C8H4Cl2N2O2S. The fraction of sp³-hybridized carbons (Fsp3) is 0. The molecule has 0 amide bonds. The first-order valence-corrected chi connectivity index (χ1v) is 5.68. The number of rotatable bonds is 1. The third kappa shape index (κ3) is 1.96. The molecule has 7 heteroatoms. The van der Waals surface area contributed by atoms with Crippen LogP contribution < -0.4 is 0 Å². The van der Waals surface area contributed by atoms with Crippen LogP contribution in [-0.4, -0.2) is 18.7 Å². The highest BCUT2D eigenvalue weighted by molar-refractivity contribution is 7.79. The summed E-state index contributed by atoms with van der Waals surface area (Å²) in [4.78, 5) is 8.02. The van der Waals surface area contributed by atoms with Crippen molar-refractivity contribution in [2.24, 2.45) is 0 Å². The van der Waals surface area contributed by atoms with Crippen molar-refractivity contribution in [2.45, 2.75) is 4.90 Å². The summed E-state index contributed by atoms with van der Waals surface area (Å²) in [5.41, 5.74) is 0.719. The highest BCUT2D eigenvalue weighted by atomic mass is 35.5. The fourth-order valence-electron chi connectivity index (χ4n) is 1.15. The predicted octanol–water partition coefficient (Wildman–Crippen LogP) is 2.52.